The van der Waals surface area contributed by atoms with E-state index < -0.39 is 0 Å². The van der Waals surface area contributed by atoms with Gasteiger partial charge in [-0.15, -0.1) is 0 Å². The maximum atomic E-state index is 3.54. The smallest absolute Gasteiger partial charge is 0.346 e. The molecule has 0 fully saturated rings. The molecule has 0 aliphatic heterocycles. The monoisotopic (exact) mass is 218 g/mol. The Morgan fingerprint density at radius 2 is 1.10 bits per heavy atom. The van der Waals surface area contributed by atoms with E-state index in [4.69, 9.17) is 0 Å². The summed E-state index contributed by atoms with van der Waals surface area (Å²) in [4.78, 5) is 0. The summed E-state index contributed by atoms with van der Waals surface area (Å²) < 4.78 is 0. The molecule has 0 aliphatic rings. The van der Waals surface area contributed by atoms with Crippen molar-refractivity contribution >= 4 is 0 Å². The van der Waals surface area contributed by atoms with Crippen molar-refractivity contribution in [3.8, 4) is 0 Å². The molecular weight excluding hydrogens is 197 g/mol. The SMILES string of the molecule is CC.C[CH-]C.[CH2-]CC[CH2-].[Y+3]. The molecule has 0 aromatic rings. The third-order valence-electron chi connectivity index (χ3n) is 0.250. The molecule has 0 N–H and O–H groups in total. The first-order valence-electron chi connectivity index (χ1n) is 3.65. The van der Waals surface area contributed by atoms with E-state index in [1.165, 1.54) is 0 Å². The zero-order valence-electron chi connectivity index (χ0n) is 7.98. The summed E-state index contributed by atoms with van der Waals surface area (Å²) >= 11 is 0. The van der Waals surface area contributed by atoms with Crippen molar-refractivity contribution in [3.63, 3.8) is 0 Å². The van der Waals surface area contributed by atoms with Crippen LogP contribution in [0, 0.1) is 20.3 Å². The van der Waals surface area contributed by atoms with E-state index in [0.717, 1.165) is 12.8 Å². The molecule has 0 unspecified atom stereocenters. The van der Waals surface area contributed by atoms with Crippen molar-refractivity contribution in [1.82, 2.24) is 0 Å². The fraction of sp³-hybridized carbons (Fsp3) is 0.667. The van der Waals surface area contributed by atoms with E-state index in [-0.39, 0.29) is 32.7 Å². The zero-order chi connectivity index (χ0) is 8.12. The number of rotatable bonds is 1. The normalized spacial score (nSPS) is 5.40. The third kappa shape index (κ3) is 135. The van der Waals surface area contributed by atoms with Gasteiger partial charge in [-0.3, -0.25) is 0 Å². The van der Waals surface area contributed by atoms with Gasteiger partial charge in [-0.1, -0.05) is 13.8 Å². The van der Waals surface area contributed by atoms with Crippen LogP contribution < -0.4 is 0 Å². The second kappa shape index (κ2) is 49.7. The molecule has 0 saturated carbocycles. The predicted molar refractivity (Wildman–Crippen MR) is 46.9 cm³/mol. The van der Waals surface area contributed by atoms with Crippen LogP contribution in [-0.2, 0) is 32.7 Å². The summed E-state index contributed by atoms with van der Waals surface area (Å²) in [5.74, 6) is 0. The van der Waals surface area contributed by atoms with Crippen LogP contribution in [0.2, 0.25) is 0 Å². The standard InChI is InChI=1S/C4H8.C3H7.C2H6.Y/c1-3-4-2;1-3-2;1-2;/h1-4H2;3H,1-2H3;1-2H3;/q-2;-1;;+3. The second-order valence-corrected chi connectivity index (χ2v) is 1.28. The number of unbranched alkanes of at least 4 members (excludes halogenated alkanes) is 1. The van der Waals surface area contributed by atoms with Crippen molar-refractivity contribution < 1.29 is 32.7 Å². The van der Waals surface area contributed by atoms with Gasteiger partial charge in [-0.05, 0) is 0 Å². The molecule has 0 aliphatic carbocycles. The molecule has 0 radical (unpaired) electrons. The van der Waals surface area contributed by atoms with Crippen LogP contribution in [0.1, 0.15) is 40.5 Å². The van der Waals surface area contributed by atoms with E-state index in [9.17, 15) is 0 Å². The fourth-order valence-electron chi connectivity index (χ4n) is 0. The third-order valence-corrected chi connectivity index (χ3v) is 0.250. The fourth-order valence-corrected chi connectivity index (χ4v) is 0. The molecule has 0 aromatic carbocycles. The zero-order valence-corrected chi connectivity index (χ0v) is 10.8. The van der Waals surface area contributed by atoms with E-state index in [1.807, 2.05) is 34.1 Å². The Bertz CT molecular complexity index is 12.2. The van der Waals surface area contributed by atoms with Crippen LogP contribution in [0.25, 0.3) is 0 Å². The van der Waals surface area contributed by atoms with Crippen molar-refractivity contribution in [2.24, 2.45) is 0 Å². The van der Waals surface area contributed by atoms with Gasteiger partial charge in [-0.25, -0.2) is 12.8 Å². The van der Waals surface area contributed by atoms with E-state index in [1.54, 1.807) is 0 Å². The van der Waals surface area contributed by atoms with Crippen molar-refractivity contribution in [2.45, 2.75) is 40.5 Å². The van der Waals surface area contributed by atoms with E-state index >= 15 is 0 Å². The summed E-state index contributed by atoms with van der Waals surface area (Å²) in [7, 11) is 0. The quantitative estimate of drug-likeness (QED) is 0.589. The van der Waals surface area contributed by atoms with E-state index in [2.05, 4.69) is 13.8 Å². The molecule has 0 saturated heterocycles. The first-order valence-corrected chi connectivity index (χ1v) is 3.65. The first-order chi connectivity index (χ1) is 4.33. The Kier molecular flexibility index (Phi) is 112. The Balaban J connectivity index is -0.0000000273. The molecule has 0 amide bonds. The molecule has 0 heterocycles. The van der Waals surface area contributed by atoms with Gasteiger partial charge in [0.05, 0.1) is 0 Å². The molecule has 0 atom stereocenters. The predicted octanol–water partition coefficient (Wildman–Crippen LogP) is 3.69. The minimum atomic E-state index is 0. The molecule has 0 rings (SSSR count). The molecule has 1 heteroatoms. The van der Waals surface area contributed by atoms with Gasteiger partial charge in [0, 0.05) is 0 Å². The summed E-state index contributed by atoms with van der Waals surface area (Å²) in [6.07, 6.45) is 3.92. The maximum Gasteiger partial charge on any atom is 3.00 e. The molecule has 0 bridgehead atoms. The van der Waals surface area contributed by atoms with E-state index in [0.29, 0.717) is 0 Å². The number of hydrogen-bond donors (Lipinski definition) is 0. The minimum Gasteiger partial charge on any atom is -0.346 e. The van der Waals surface area contributed by atoms with Gasteiger partial charge in [0.15, 0.2) is 0 Å². The average Bonchev–Trinajstić information content (AvgIpc) is 1.94. The summed E-state index contributed by atoms with van der Waals surface area (Å²) in [6.45, 7) is 15.1. The minimum absolute atomic E-state index is 0. The van der Waals surface area contributed by atoms with Crippen molar-refractivity contribution in [3.05, 3.63) is 20.3 Å². The van der Waals surface area contributed by atoms with Crippen LogP contribution in [0.4, 0.5) is 0 Å². The van der Waals surface area contributed by atoms with Crippen LogP contribution in [0.5, 0.6) is 0 Å². The van der Waals surface area contributed by atoms with Crippen LogP contribution >= 0.6 is 0 Å². The van der Waals surface area contributed by atoms with Crippen LogP contribution in [-0.4, -0.2) is 0 Å². The average molecular weight is 218 g/mol. The van der Waals surface area contributed by atoms with Gasteiger partial charge in [0.1, 0.15) is 0 Å². The van der Waals surface area contributed by atoms with Gasteiger partial charge >= 0.3 is 32.7 Å². The summed E-state index contributed by atoms with van der Waals surface area (Å²) in [5.41, 5.74) is 0. The second-order valence-electron chi connectivity index (χ2n) is 1.28. The maximum absolute atomic E-state index is 3.54. The largest absolute Gasteiger partial charge is 3.00 e. The Morgan fingerprint density at radius 3 is 1.10 bits per heavy atom. The van der Waals surface area contributed by atoms with Gasteiger partial charge in [0.2, 0.25) is 0 Å². The van der Waals surface area contributed by atoms with Gasteiger partial charge < -0.3 is 20.3 Å². The molecule has 0 nitrogen and oxygen atoms in total. The topological polar surface area (TPSA) is 0 Å². The Morgan fingerprint density at radius 1 is 1.00 bits per heavy atom. The molecular formula is C9H21Y. The molecule has 10 heavy (non-hydrogen) atoms. The number of hydrogen-bond acceptors (Lipinski definition) is 0. The molecule has 0 spiro atoms. The van der Waals surface area contributed by atoms with Gasteiger partial charge in [0.25, 0.3) is 0 Å². The Labute approximate surface area is 93.1 Å². The van der Waals surface area contributed by atoms with Crippen molar-refractivity contribution in [1.29, 1.82) is 0 Å². The van der Waals surface area contributed by atoms with Crippen molar-refractivity contribution in [2.75, 3.05) is 0 Å². The van der Waals surface area contributed by atoms with Crippen LogP contribution in [0.15, 0.2) is 0 Å². The summed E-state index contributed by atoms with van der Waals surface area (Å²) in [5, 5.41) is 0. The first kappa shape index (κ1) is 22.5. The molecule has 60 valence electrons. The van der Waals surface area contributed by atoms with Crippen LogP contribution in [0.3, 0.4) is 0 Å². The van der Waals surface area contributed by atoms with Gasteiger partial charge in [-0.2, -0.15) is 13.8 Å². The molecule has 0 aromatic heterocycles. The Hall–Kier alpha value is 1.10. The summed E-state index contributed by atoms with van der Waals surface area (Å²) in [6, 6.07) is 0.